The van der Waals surface area contributed by atoms with Crippen molar-refractivity contribution in [2.45, 2.75) is 57.8 Å². The molecule has 4 aromatic rings. The average Bonchev–Trinajstić information content (AvgIpc) is 2.83. The molecule has 0 unspecified atom stereocenters. The summed E-state index contributed by atoms with van der Waals surface area (Å²) in [5.74, 6) is 0. The molecule has 0 radical (unpaired) electrons. The maximum Gasteiger partial charge on any atom is 0.0340 e. The maximum absolute atomic E-state index is 3.50. The fraction of sp³-hybridized carbons (Fsp3) is 0.333. The minimum atomic E-state index is 1.09. The van der Waals surface area contributed by atoms with E-state index in [1.54, 1.807) is 0 Å². The zero-order valence-electron chi connectivity index (χ0n) is 18.7. The van der Waals surface area contributed by atoms with Crippen molar-refractivity contribution in [3.05, 3.63) is 90.5 Å². The summed E-state index contributed by atoms with van der Waals surface area (Å²) in [5.41, 5.74) is 2.75. The van der Waals surface area contributed by atoms with Gasteiger partial charge in [-0.15, -0.1) is 0 Å². The molecule has 1 nitrogen and oxygen atoms in total. The first-order valence-corrected chi connectivity index (χ1v) is 12.1. The first-order valence-electron chi connectivity index (χ1n) is 12.1. The molecule has 0 saturated carbocycles. The molecule has 4 rings (SSSR count). The lowest BCUT2D eigenvalue weighted by molar-refractivity contribution is 0.572. The van der Waals surface area contributed by atoms with Gasteiger partial charge in [0.25, 0.3) is 0 Å². The fourth-order valence-electron chi connectivity index (χ4n) is 4.63. The number of benzene rings is 4. The van der Waals surface area contributed by atoms with E-state index in [1.165, 1.54) is 90.6 Å². The molecule has 1 heteroatoms. The molecule has 0 aliphatic carbocycles. The number of nitrogens with one attached hydrogen (secondary N) is 1. The number of aryl methyl sites for hydroxylation is 1. The van der Waals surface area contributed by atoms with Crippen LogP contribution in [0.3, 0.4) is 0 Å². The zero-order chi connectivity index (χ0) is 21.1. The number of anilines is 1. The van der Waals surface area contributed by atoms with Gasteiger partial charge in [-0.3, -0.25) is 0 Å². The molecule has 160 valence electrons. The highest BCUT2D eigenvalue weighted by molar-refractivity contribution is 6.08. The fourth-order valence-corrected chi connectivity index (χ4v) is 4.63. The van der Waals surface area contributed by atoms with Gasteiger partial charge in [-0.25, -0.2) is 0 Å². The molecule has 0 saturated heterocycles. The van der Waals surface area contributed by atoms with Crippen molar-refractivity contribution in [1.29, 1.82) is 0 Å². The average molecular weight is 410 g/mol. The van der Waals surface area contributed by atoms with Gasteiger partial charge in [0.2, 0.25) is 0 Å². The smallest absolute Gasteiger partial charge is 0.0340 e. The number of fused-ring (bicyclic) bond motifs is 3. The molecular formula is C30H35N. The van der Waals surface area contributed by atoms with Crippen LogP contribution >= 0.6 is 0 Å². The van der Waals surface area contributed by atoms with E-state index in [4.69, 9.17) is 0 Å². The van der Waals surface area contributed by atoms with Gasteiger partial charge >= 0.3 is 0 Å². The summed E-state index contributed by atoms with van der Waals surface area (Å²) in [5, 5.41) is 9.09. The molecule has 0 amide bonds. The number of hydrogen-bond donors (Lipinski definition) is 1. The zero-order valence-corrected chi connectivity index (χ0v) is 18.7. The molecule has 0 aromatic heterocycles. The predicted octanol–water partition coefficient (Wildman–Crippen LogP) is 8.77. The van der Waals surface area contributed by atoms with Crippen LogP contribution in [0.15, 0.2) is 84.9 Å². The van der Waals surface area contributed by atoms with Crippen LogP contribution in [0.4, 0.5) is 5.69 Å². The summed E-state index contributed by atoms with van der Waals surface area (Å²) in [4.78, 5) is 0. The summed E-state index contributed by atoms with van der Waals surface area (Å²) in [6, 6.07) is 30.6. The van der Waals surface area contributed by atoms with Gasteiger partial charge in [0.15, 0.2) is 0 Å². The quantitative estimate of drug-likeness (QED) is 0.182. The van der Waals surface area contributed by atoms with Crippen molar-refractivity contribution in [2.75, 3.05) is 11.9 Å². The van der Waals surface area contributed by atoms with Crippen LogP contribution in [0.5, 0.6) is 0 Å². The van der Waals surface area contributed by atoms with E-state index in [0.29, 0.717) is 0 Å². The highest BCUT2D eigenvalue weighted by Crippen LogP contribution is 2.29. The van der Waals surface area contributed by atoms with E-state index >= 15 is 0 Å². The molecule has 0 spiro atoms. The second-order valence-corrected chi connectivity index (χ2v) is 8.67. The Labute approximate surface area is 187 Å². The Morgan fingerprint density at radius 3 is 1.84 bits per heavy atom. The molecule has 0 atom stereocenters. The van der Waals surface area contributed by atoms with Crippen molar-refractivity contribution in [3.63, 3.8) is 0 Å². The Bertz CT molecular complexity index is 1070. The highest BCUT2D eigenvalue weighted by Gasteiger charge is 2.06. The monoisotopic (exact) mass is 409 g/mol. The standard InChI is InChI=1S/C30H35N/c1(2-4-6-15-23-31-27-18-9-7-10-19-27)3-5-8-16-25-24-26-17-11-12-20-28(26)30-22-14-13-21-29(25)30/h7,9-14,17-22,24,31H,1-6,8,15-16,23H2. The number of para-hydroxylation sites is 1. The first-order chi connectivity index (χ1) is 15.4. The minimum absolute atomic E-state index is 1.09. The van der Waals surface area contributed by atoms with E-state index in [2.05, 4.69) is 90.2 Å². The third kappa shape index (κ3) is 6.10. The van der Waals surface area contributed by atoms with Crippen LogP contribution in [0.1, 0.15) is 56.9 Å². The Morgan fingerprint density at radius 1 is 0.484 bits per heavy atom. The Hall–Kier alpha value is -2.80. The molecular weight excluding hydrogens is 374 g/mol. The predicted molar refractivity (Wildman–Crippen MR) is 137 cm³/mol. The van der Waals surface area contributed by atoms with Crippen molar-refractivity contribution < 1.29 is 0 Å². The number of unbranched alkanes of at least 4 members (excludes halogenated alkanes) is 7. The summed E-state index contributed by atoms with van der Waals surface area (Å²) in [7, 11) is 0. The van der Waals surface area contributed by atoms with Gasteiger partial charge in [-0.05, 0) is 58.5 Å². The van der Waals surface area contributed by atoms with Crippen molar-refractivity contribution >= 4 is 27.2 Å². The minimum Gasteiger partial charge on any atom is -0.385 e. The molecule has 4 aromatic carbocycles. The van der Waals surface area contributed by atoms with Crippen LogP contribution < -0.4 is 5.32 Å². The van der Waals surface area contributed by atoms with Crippen LogP contribution in [0, 0.1) is 0 Å². The van der Waals surface area contributed by atoms with Gasteiger partial charge in [0, 0.05) is 12.2 Å². The van der Waals surface area contributed by atoms with E-state index in [9.17, 15) is 0 Å². The van der Waals surface area contributed by atoms with Gasteiger partial charge in [-0.2, -0.15) is 0 Å². The summed E-state index contributed by atoms with van der Waals surface area (Å²) < 4.78 is 0. The SMILES string of the molecule is c1ccc(NCCCCCCCCCCc2cc3ccccc3c3ccccc23)cc1. The lowest BCUT2D eigenvalue weighted by Gasteiger charge is -2.10. The van der Waals surface area contributed by atoms with Crippen LogP contribution in [0.25, 0.3) is 21.5 Å². The van der Waals surface area contributed by atoms with Gasteiger partial charge < -0.3 is 5.32 Å². The maximum atomic E-state index is 3.50. The molecule has 31 heavy (non-hydrogen) atoms. The highest BCUT2D eigenvalue weighted by atomic mass is 14.9. The van der Waals surface area contributed by atoms with E-state index in [1.807, 2.05) is 0 Å². The second kappa shape index (κ2) is 11.6. The Morgan fingerprint density at radius 2 is 1.06 bits per heavy atom. The molecule has 0 heterocycles. The lowest BCUT2D eigenvalue weighted by Crippen LogP contribution is -2.00. The van der Waals surface area contributed by atoms with E-state index in [0.717, 1.165) is 6.54 Å². The van der Waals surface area contributed by atoms with Crippen molar-refractivity contribution in [3.8, 4) is 0 Å². The number of hydrogen-bond acceptors (Lipinski definition) is 1. The van der Waals surface area contributed by atoms with Crippen molar-refractivity contribution in [2.24, 2.45) is 0 Å². The Kier molecular flexibility index (Phi) is 7.99. The summed E-state index contributed by atoms with van der Waals surface area (Å²) >= 11 is 0. The van der Waals surface area contributed by atoms with Crippen LogP contribution in [-0.2, 0) is 6.42 Å². The largest absolute Gasteiger partial charge is 0.385 e. The van der Waals surface area contributed by atoms with Gasteiger partial charge in [-0.1, -0.05) is 111 Å². The van der Waals surface area contributed by atoms with Gasteiger partial charge in [0.05, 0.1) is 0 Å². The number of rotatable bonds is 12. The van der Waals surface area contributed by atoms with Crippen LogP contribution in [-0.4, -0.2) is 6.54 Å². The first kappa shape index (κ1) is 21.4. The molecule has 0 aliphatic heterocycles. The third-order valence-corrected chi connectivity index (χ3v) is 6.33. The molecule has 0 aliphatic rings. The normalized spacial score (nSPS) is 11.2. The molecule has 1 N–H and O–H groups in total. The van der Waals surface area contributed by atoms with E-state index in [-0.39, 0.29) is 0 Å². The second-order valence-electron chi connectivity index (χ2n) is 8.67. The summed E-state index contributed by atoms with van der Waals surface area (Å²) in [6.45, 7) is 1.09. The Balaban J connectivity index is 1.13. The molecule has 0 bridgehead atoms. The topological polar surface area (TPSA) is 12.0 Å². The van der Waals surface area contributed by atoms with Gasteiger partial charge in [0.1, 0.15) is 0 Å². The van der Waals surface area contributed by atoms with Crippen molar-refractivity contribution in [1.82, 2.24) is 0 Å². The van der Waals surface area contributed by atoms with Crippen LogP contribution in [0.2, 0.25) is 0 Å². The summed E-state index contributed by atoms with van der Waals surface area (Å²) in [6.07, 6.45) is 11.9. The third-order valence-electron chi connectivity index (χ3n) is 6.33. The van der Waals surface area contributed by atoms with E-state index < -0.39 is 0 Å². The molecule has 0 fully saturated rings. The lowest BCUT2D eigenvalue weighted by atomic mass is 9.94.